The van der Waals surface area contributed by atoms with Gasteiger partial charge < -0.3 is 10.1 Å². The fourth-order valence-electron chi connectivity index (χ4n) is 2.20. The van der Waals surface area contributed by atoms with Gasteiger partial charge in [-0.3, -0.25) is 9.48 Å². The van der Waals surface area contributed by atoms with Gasteiger partial charge in [0.25, 0.3) is 0 Å². The highest BCUT2D eigenvalue weighted by atomic mass is 79.9. The van der Waals surface area contributed by atoms with E-state index in [2.05, 4.69) is 26.3 Å². The van der Waals surface area contributed by atoms with E-state index >= 15 is 0 Å². The Balaban J connectivity index is 2.14. The van der Waals surface area contributed by atoms with Crippen LogP contribution >= 0.6 is 15.9 Å². The minimum Gasteiger partial charge on any atom is -0.383 e. The van der Waals surface area contributed by atoms with Crippen molar-refractivity contribution in [3.63, 3.8) is 0 Å². The summed E-state index contributed by atoms with van der Waals surface area (Å²) in [6.45, 7) is 2.06. The van der Waals surface area contributed by atoms with E-state index in [4.69, 9.17) is 4.74 Å². The van der Waals surface area contributed by atoms with Gasteiger partial charge in [0.1, 0.15) is 5.69 Å². The maximum Gasteiger partial charge on any atom is 0.198 e. The molecule has 1 aromatic heterocycles. The number of carbonyl (C=O) groups excluding carboxylic acids is 1. The number of nitrogens with one attached hydrogen (secondary N) is 1. The predicted octanol–water partition coefficient (Wildman–Crippen LogP) is 1.62. The first kappa shape index (κ1) is 13.7. The van der Waals surface area contributed by atoms with Gasteiger partial charge in [0.2, 0.25) is 0 Å². The van der Waals surface area contributed by atoms with Gasteiger partial charge in [0.05, 0.1) is 29.9 Å². The maximum absolute atomic E-state index is 12.5. The molecule has 0 amide bonds. The minimum atomic E-state index is -0.0759. The monoisotopic (exact) mass is 315 g/mol. The van der Waals surface area contributed by atoms with Crippen molar-refractivity contribution >= 4 is 21.7 Å². The van der Waals surface area contributed by atoms with Crippen LogP contribution in [0.15, 0.2) is 10.7 Å². The molecule has 1 aliphatic heterocycles. The van der Waals surface area contributed by atoms with Crippen molar-refractivity contribution in [2.24, 2.45) is 0 Å². The van der Waals surface area contributed by atoms with Crippen LogP contribution in [-0.2, 0) is 11.3 Å². The van der Waals surface area contributed by atoms with Crippen molar-refractivity contribution in [1.82, 2.24) is 15.1 Å². The zero-order valence-corrected chi connectivity index (χ0v) is 12.1. The molecule has 0 radical (unpaired) electrons. The van der Waals surface area contributed by atoms with Crippen LogP contribution in [0, 0.1) is 0 Å². The number of methoxy groups -OCH3 is 1. The Morgan fingerprint density at radius 3 is 3.17 bits per heavy atom. The molecule has 1 unspecified atom stereocenters. The topological polar surface area (TPSA) is 56.2 Å². The normalized spacial score (nSPS) is 20.0. The van der Waals surface area contributed by atoms with Crippen molar-refractivity contribution in [1.29, 1.82) is 0 Å². The molecule has 5 nitrogen and oxygen atoms in total. The molecule has 2 rings (SSSR count). The molecule has 100 valence electrons. The average molecular weight is 316 g/mol. The Kier molecular flexibility index (Phi) is 4.91. The third-order valence-electron chi connectivity index (χ3n) is 3.16. The molecule has 1 atom stereocenters. The van der Waals surface area contributed by atoms with Crippen LogP contribution in [0.5, 0.6) is 0 Å². The second-order valence-corrected chi connectivity index (χ2v) is 5.28. The van der Waals surface area contributed by atoms with E-state index in [1.54, 1.807) is 18.0 Å². The lowest BCUT2D eigenvalue weighted by Crippen LogP contribution is -2.41. The van der Waals surface area contributed by atoms with E-state index in [1.807, 2.05) is 0 Å². The number of hydrogen-bond acceptors (Lipinski definition) is 4. The first-order chi connectivity index (χ1) is 8.74. The Bertz CT molecular complexity index is 413. The third kappa shape index (κ3) is 2.99. The number of hydrogen-bond donors (Lipinski definition) is 1. The quantitative estimate of drug-likeness (QED) is 0.839. The smallest absolute Gasteiger partial charge is 0.198 e. The fraction of sp³-hybridized carbons (Fsp3) is 0.667. The van der Waals surface area contributed by atoms with Crippen LogP contribution in [0.4, 0.5) is 0 Å². The molecular formula is C12H18BrN3O2. The summed E-state index contributed by atoms with van der Waals surface area (Å²) in [7, 11) is 1.64. The Morgan fingerprint density at radius 1 is 1.67 bits per heavy atom. The lowest BCUT2D eigenvalue weighted by atomic mass is 9.99. The van der Waals surface area contributed by atoms with Crippen molar-refractivity contribution < 1.29 is 9.53 Å². The highest BCUT2D eigenvalue weighted by Gasteiger charge is 2.26. The first-order valence-electron chi connectivity index (χ1n) is 6.22. The largest absolute Gasteiger partial charge is 0.383 e. The molecule has 1 saturated heterocycles. The highest BCUT2D eigenvalue weighted by Crippen LogP contribution is 2.20. The molecule has 0 spiro atoms. The molecule has 0 saturated carbocycles. The number of aromatic nitrogens is 2. The summed E-state index contributed by atoms with van der Waals surface area (Å²) in [5, 5.41) is 7.49. The van der Waals surface area contributed by atoms with E-state index in [-0.39, 0.29) is 11.8 Å². The molecular weight excluding hydrogens is 298 g/mol. The Morgan fingerprint density at radius 2 is 2.50 bits per heavy atom. The van der Waals surface area contributed by atoms with Gasteiger partial charge in [-0.25, -0.2) is 0 Å². The van der Waals surface area contributed by atoms with Crippen LogP contribution in [0.25, 0.3) is 0 Å². The summed E-state index contributed by atoms with van der Waals surface area (Å²) < 4.78 is 7.51. The second kappa shape index (κ2) is 6.45. The molecule has 2 heterocycles. The fourth-order valence-corrected chi connectivity index (χ4v) is 2.69. The zero-order valence-electron chi connectivity index (χ0n) is 10.5. The van der Waals surface area contributed by atoms with Crippen molar-refractivity contribution in [2.45, 2.75) is 31.8 Å². The summed E-state index contributed by atoms with van der Waals surface area (Å²) in [6.07, 6.45) is 4.83. The third-order valence-corrected chi connectivity index (χ3v) is 3.74. The first-order valence-corrected chi connectivity index (χ1v) is 7.01. The standard InChI is InChI=1S/C12H18BrN3O2/c1-18-7-6-16-11(9(13)8-15-16)12(17)10-4-2-3-5-14-10/h8,10,14H,2-7H2,1H3. The molecule has 0 bridgehead atoms. The number of ketones is 1. The van der Waals surface area contributed by atoms with E-state index in [0.717, 1.165) is 30.3 Å². The SMILES string of the molecule is COCCn1ncc(Br)c1C(=O)C1CCCCN1. The molecule has 1 fully saturated rings. The van der Waals surface area contributed by atoms with Gasteiger partial charge in [0, 0.05) is 7.11 Å². The maximum atomic E-state index is 12.5. The number of halogens is 1. The van der Waals surface area contributed by atoms with Gasteiger partial charge in [-0.1, -0.05) is 6.42 Å². The number of nitrogens with zero attached hydrogens (tertiary/aromatic N) is 2. The van der Waals surface area contributed by atoms with Gasteiger partial charge in [-0.2, -0.15) is 5.10 Å². The molecule has 0 aliphatic carbocycles. The van der Waals surface area contributed by atoms with Crippen molar-refractivity contribution in [3.8, 4) is 0 Å². The van der Waals surface area contributed by atoms with Crippen LogP contribution in [0.3, 0.4) is 0 Å². The van der Waals surface area contributed by atoms with E-state index in [1.165, 1.54) is 0 Å². The van der Waals surface area contributed by atoms with Crippen molar-refractivity contribution in [3.05, 3.63) is 16.4 Å². The predicted molar refractivity (Wildman–Crippen MR) is 71.8 cm³/mol. The summed E-state index contributed by atoms with van der Waals surface area (Å²) in [4.78, 5) is 12.5. The summed E-state index contributed by atoms with van der Waals surface area (Å²) in [5.41, 5.74) is 0.645. The molecule has 1 aromatic rings. The summed E-state index contributed by atoms with van der Waals surface area (Å²) >= 11 is 3.40. The number of piperidine rings is 1. The zero-order chi connectivity index (χ0) is 13.0. The molecule has 1 aliphatic rings. The number of ether oxygens (including phenoxy) is 1. The van der Waals surface area contributed by atoms with Crippen LogP contribution in [0.1, 0.15) is 29.8 Å². The van der Waals surface area contributed by atoms with Crippen LogP contribution in [0.2, 0.25) is 0 Å². The van der Waals surface area contributed by atoms with Gasteiger partial charge >= 0.3 is 0 Å². The number of rotatable bonds is 5. The van der Waals surface area contributed by atoms with E-state index in [9.17, 15) is 4.79 Å². The Hall–Kier alpha value is -0.720. The number of Topliss-reactive ketones (excluding diaryl/α,β-unsaturated/α-hetero) is 1. The molecule has 0 aromatic carbocycles. The molecule has 6 heteroatoms. The van der Waals surface area contributed by atoms with Crippen molar-refractivity contribution in [2.75, 3.05) is 20.3 Å². The van der Waals surface area contributed by atoms with E-state index in [0.29, 0.717) is 18.8 Å². The minimum absolute atomic E-state index is 0.0759. The number of carbonyl (C=O) groups is 1. The van der Waals surface area contributed by atoms with Crippen LogP contribution in [-0.4, -0.2) is 41.9 Å². The second-order valence-electron chi connectivity index (χ2n) is 4.42. The summed E-state index contributed by atoms with van der Waals surface area (Å²) in [6, 6.07) is -0.0759. The molecule has 18 heavy (non-hydrogen) atoms. The lowest BCUT2D eigenvalue weighted by molar-refractivity contribution is 0.0912. The Labute approximate surface area is 115 Å². The highest BCUT2D eigenvalue weighted by molar-refractivity contribution is 9.10. The average Bonchev–Trinajstić information content (AvgIpc) is 2.77. The lowest BCUT2D eigenvalue weighted by Gasteiger charge is -2.22. The van der Waals surface area contributed by atoms with E-state index < -0.39 is 0 Å². The van der Waals surface area contributed by atoms with Gasteiger partial charge in [-0.15, -0.1) is 0 Å². The van der Waals surface area contributed by atoms with Gasteiger partial charge in [0.15, 0.2) is 5.78 Å². The molecule has 1 N–H and O–H groups in total. The van der Waals surface area contributed by atoms with Gasteiger partial charge in [-0.05, 0) is 35.3 Å². The van der Waals surface area contributed by atoms with Crippen LogP contribution < -0.4 is 5.32 Å². The summed E-state index contributed by atoms with van der Waals surface area (Å²) in [5.74, 6) is 0.121.